The Morgan fingerprint density at radius 1 is 1.00 bits per heavy atom. The number of hydrogen-bond acceptors (Lipinski definition) is 4. The van der Waals surface area contributed by atoms with Crippen LogP contribution in [0.1, 0.15) is 22.5 Å². The van der Waals surface area contributed by atoms with E-state index in [1.807, 2.05) is 12.1 Å². The maximum Gasteiger partial charge on any atom is 0.220 e. The molecule has 2 heterocycles. The number of hydrogen-bond donors (Lipinski definition) is 1. The van der Waals surface area contributed by atoms with Gasteiger partial charge in [0.1, 0.15) is 5.82 Å². The Morgan fingerprint density at radius 3 is 2.30 bits per heavy atom. The number of rotatable bonds is 4. The summed E-state index contributed by atoms with van der Waals surface area (Å²) in [6.07, 6.45) is 6.77. The molecule has 4 nitrogen and oxygen atoms in total. The predicted molar refractivity (Wildman–Crippen MR) is 110 cm³/mol. The first kappa shape index (κ1) is 20.6. The van der Waals surface area contributed by atoms with Crippen LogP contribution < -0.4 is 5.73 Å². The van der Waals surface area contributed by atoms with E-state index < -0.39 is 0 Å². The monoisotopic (exact) mass is 402 g/mol. The van der Waals surface area contributed by atoms with Crippen molar-refractivity contribution in [1.29, 1.82) is 0 Å². The van der Waals surface area contributed by atoms with E-state index in [1.54, 1.807) is 30.5 Å². The van der Waals surface area contributed by atoms with E-state index in [9.17, 15) is 4.39 Å². The highest BCUT2D eigenvalue weighted by molar-refractivity contribution is 6.30. The van der Waals surface area contributed by atoms with Crippen molar-refractivity contribution in [2.75, 3.05) is 5.73 Å². The van der Waals surface area contributed by atoms with Crippen LogP contribution in [-0.2, 0) is 6.42 Å². The topological polar surface area (TPSA) is 64.7 Å². The molecule has 0 fully saturated rings. The molecule has 0 unspecified atom stereocenters. The van der Waals surface area contributed by atoms with Crippen LogP contribution in [0.5, 0.6) is 0 Å². The van der Waals surface area contributed by atoms with Crippen LogP contribution in [-0.4, -0.2) is 15.0 Å². The maximum atomic E-state index is 13.4. The van der Waals surface area contributed by atoms with Crippen molar-refractivity contribution in [3.05, 3.63) is 94.3 Å². The summed E-state index contributed by atoms with van der Waals surface area (Å²) >= 11 is 11.4. The number of nitrogens with two attached hydrogens (primary N) is 1. The number of anilines is 1. The zero-order valence-electron chi connectivity index (χ0n) is 14.4. The summed E-state index contributed by atoms with van der Waals surface area (Å²) in [6.45, 7) is 7.19. The van der Waals surface area contributed by atoms with Gasteiger partial charge in [0.25, 0.3) is 0 Å². The minimum atomic E-state index is -0.387. The van der Waals surface area contributed by atoms with Gasteiger partial charge in [-0.2, -0.15) is 0 Å². The molecule has 0 aliphatic heterocycles. The molecule has 0 spiro atoms. The van der Waals surface area contributed by atoms with Gasteiger partial charge < -0.3 is 5.73 Å². The summed E-state index contributed by atoms with van der Waals surface area (Å²) in [6, 6.07) is 8.49. The second-order valence-electron chi connectivity index (χ2n) is 5.36. The number of nitrogen functional groups attached to an aromatic ring is 1. The third-order valence-electron chi connectivity index (χ3n) is 3.45. The molecule has 0 radical (unpaired) electrons. The summed E-state index contributed by atoms with van der Waals surface area (Å²) in [5, 5.41) is 0.964. The van der Waals surface area contributed by atoms with Crippen LogP contribution in [0.25, 0.3) is 12.2 Å². The maximum absolute atomic E-state index is 13.4. The lowest BCUT2D eigenvalue weighted by atomic mass is 10.1. The molecule has 0 bridgehead atoms. The first-order valence-electron chi connectivity index (χ1n) is 7.84. The van der Waals surface area contributed by atoms with Gasteiger partial charge in [0.05, 0.1) is 16.4 Å². The number of pyridine rings is 1. The fraction of sp³-hybridized carbons (Fsp3) is 0.0500. The summed E-state index contributed by atoms with van der Waals surface area (Å²) < 4.78 is 13.4. The molecule has 0 saturated carbocycles. The molecule has 1 aromatic carbocycles. The van der Waals surface area contributed by atoms with Gasteiger partial charge in [-0.25, -0.2) is 14.4 Å². The Hall–Kier alpha value is -2.76. The van der Waals surface area contributed by atoms with Crippen molar-refractivity contribution >= 4 is 41.3 Å². The molecule has 0 atom stereocenters. The predicted octanol–water partition coefficient (Wildman–Crippen LogP) is 5.46. The summed E-state index contributed by atoms with van der Waals surface area (Å²) in [5.74, 6) is -0.132. The standard InChI is InChI=1S/C12H8Cl2FN.C8H9N3/c13-9-3-1-8(2-4-9)5-12-11(15)6-10(14)7-16-12;1-3-6-5-10-8(9)11-7(6)4-2/h1-4,6-7H,5H2;3-5H,1-2H2,(H2,9,10,11). The highest BCUT2D eigenvalue weighted by atomic mass is 35.5. The molecule has 0 saturated heterocycles. The van der Waals surface area contributed by atoms with Gasteiger partial charge in [-0.1, -0.05) is 54.6 Å². The van der Waals surface area contributed by atoms with Crippen molar-refractivity contribution in [1.82, 2.24) is 15.0 Å². The van der Waals surface area contributed by atoms with Gasteiger partial charge in [0.2, 0.25) is 5.95 Å². The van der Waals surface area contributed by atoms with E-state index >= 15 is 0 Å². The Balaban J connectivity index is 0.000000208. The first-order chi connectivity index (χ1) is 12.9. The van der Waals surface area contributed by atoms with Crippen LogP contribution >= 0.6 is 23.2 Å². The Labute approximate surface area is 167 Å². The van der Waals surface area contributed by atoms with Crippen molar-refractivity contribution in [2.45, 2.75) is 6.42 Å². The lowest BCUT2D eigenvalue weighted by molar-refractivity contribution is 0.604. The number of nitrogens with zero attached hydrogens (tertiary/aromatic N) is 3. The molecule has 0 amide bonds. The molecule has 3 aromatic rings. The molecule has 27 heavy (non-hydrogen) atoms. The fourth-order valence-corrected chi connectivity index (χ4v) is 2.38. The van der Waals surface area contributed by atoms with Gasteiger partial charge in [-0.3, -0.25) is 4.98 Å². The van der Waals surface area contributed by atoms with Crippen LogP contribution in [0.2, 0.25) is 10.0 Å². The highest BCUT2D eigenvalue weighted by Gasteiger charge is 2.05. The molecule has 0 aliphatic rings. The Bertz CT molecular complexity index is 943. The second kappa shape index (κ2) is 9.80. The van der Waals surface area contributed by atoms with Gasteiger partial charge in [-0.15, -0.1) is 0 Å². The number of halogens is 3. The smallest absolute Gasteiger partial charge is 0.220 e. The molecular weight excluding hydrogens is 386 g/mol. The molecule has 2 aromatic heterocycles. The second-order valence-corrected chi connectivity index (χ2v) is 6.24. The fourth-order valence-electron chi connectivity index (χ4n) is 2.11. The number of aromatic nitrogens is 3. The zero-order chi connectivity index (χ0) is 19.8. The van der Waals surface area contributed by atoms with E-state index in [-0.39, 0.29) is 11.8 Å². The van der Waals surface area contributed by atoms with E-state index in [2.05, 4.69) is 28.1 Å². The average Bonchev–Trinajstić information content (AvgIpc) is 2.66. The Kier molecular flexibility index (Phi) is 7.46. The van der Waals surface area contributed by atoms with Crippen LogP contribution in [0.4, 0.5) is 10.3 Å². The summed E-state index contributed by atoms with van der Waals surface area (Å²) in [5.41, 5.74) is 8.25. The Morgan fingerprint density at radius 2 is 1.70 bits per heavy atom. The van der Waals surface area contributed by atoms with E-state index in [1.165, 1.54) is 12.3 Å². The minimum Gasteiger partial charge on any atom is -0.368 e. The van der Waals surface area contributed by atoms with E-state index in [4.69, 9.17) is 28.9 Å². The largest absolute Gasteiger partial charge is 0.368 e. The van der Waals surface area contributed by atoms with Gasteiger partial charge in [-0.05, 0) is 29.8 Å². The zero-order valence-corrected chi connectivity index (χ0v) is 15.9. The molecule has 3 rings (SSSR count). The van der Waals surface area contributed by atoms with E-state index in [0.717, 1.165) is 11.1 Å². The number of benzene rings is 1. The van der Waals surface area contributed by atoms with Crippen molar-refractivity contribution in [3.63, 3.8) is 0 Å². The lowest BCUT2D eigenvalue weighted by Crippen LogP contribution is -1.97. The normalized spacial score (nSPS) is 9.89. The van der Waals surface area contributed by atoms with Crippen LogP contribution in [0.3, 0.4) is 0 Å². The summed E-state index contributed by atoms with van der Waals surface area (Å²) in [4.78, 5) is 11.7. The SMILES string of the molecule is C=Cc1cnc(N)nc1C=C.Fc1cc(Cl)cnc1Cc1ccc(Cl)cc1. The highest BCUT2D eigenvalue weighted by Crippen LogP contribution is 2.16. The van der Waals surface area contributed by atoms with Crippen molar-refractivity contribution in [2.24, 2.45) is 0 Å². The van der Waals surface area contributed by atoms with Crippen molar-refractivity contribution < 1.29 is 4.39 Å². The quantitative estimate of drug-likeness (QED) is 0.628. The van der Waals surface area contributed by atoms with Gasteiger partial charge >= 0.3 is 0 Å². The minimum absolute atomic E-state index is 0.255. The van der Waals surface area contributed by atoms with Crippen molar-refractivity contribution in [3.8, 4) is 0 Å². The van der Waals surface area contributed by atoms with Crippen LogP contribution in [0, 0.1) is 5.82 Å². The third kappa shape index (κ3) is 6.16. The summed E-state index contributed by atoms with van der Waals surface area (Å²) in [7, 11) is 0. The third-order valence-corrected chi connectivity index (χ3v) is 3.91. The average molecular weight is 403 g/mol. The first-order valence-corrected chi connectivity index (χ1v) is 8.60. The molecule has 138 valence electrons. The van der Waals surface area contributed by atoms with Gasteiger partial charge in [0, 0.05) is 29.4 Å². The molecule has 2 N–H and O–H groups in total. The lowest BCUT2D eigenvalue weighted by Gasteiger charge is -2.03. The van der Waals surface area contributed by atoms with Gasteiger partial charge in [0.15, 0.2) is 0 Å². The molecule has 7 heteroatoms. The molecule has 0 aliphatic carbocycles. The van der Waals surface area contributed by atoms with Crippen LogP contribution in [0.15, 0.2) is 55.9 Å². The van der Waals surface area contributed by atoms with E-state index in [0.29, 0.717) is 27.9 Å². The molecular formula is C20H17Cl2FN4.